The molecule has 2 aliphatic rings. The molecule has 4 heterocycles. The summed E-state index contributed by atoms with van der Waals surface area (Å²) in [5.41, 5.74) is -0.111. The second-order valence-corrected chi connectivity index (χ2v) is 9.12. The minimum atomic E-state index is -0.672. The fourth-order valence-electron chi connectivity index (χ4n) is 4.71. The summed E-state index contributed by atoms with van der Waals surface area (Å²) in [5.74, 6) is -0.315. The van der Waals surface area contributed by atoms with Crippen molar-refractivity contribution in [1.82, 2.24) is 19.3 Å². The Morgan fingerprint density at radius 1 is 1.29 bits per heavy atom. The first-order chi connectivity index (χ1) is 16.3. The van der Waals surface area contributed by atoms with E-state index in [1.807, 2.05) is 11.0 Å². The second kappa shape index (κ2) is 8.34. The number of hydrogen-bond donors (Lipinski definition) is 0. The number of rotatable bonds is 4. The first kappa shape index (κ1) is 22.3. The van der Waals surface area contributed by atoms with E-state index in [9.17, 15) is 19.2 Å². The Hall–Kier alpha value is -3.55. The summed E-state index contributed by atoms with van der Waals surface area (Å²) >= 11 is 6.05. The zero-order valence-electron chi connectivity index (χ0n) is 18.3. The van der Waals surface area contributed by atoms with Crippen molar-refractivity contribution in [3.8, 4) is 22.9 Å². The number of aryl methyl sites for hydroxylation is 1. The molecule has 0 unspecified atom stereocenters. The van der Waals surface area contributed by atoms with E-state index < -0.39 is 17.1 Å². The molecule has 0 saturated carbocycles. The van der Waals surface area contributed by atoms with E-state index in [0.717, 1.165) is 11.0 Å². The van der Waals surface area contributed by atoms with Crippen LogP contribution in [0.2, 0.25) is 5.02 Å². The van der Waals surface area contributed by atoms with Gasteiger partial charge in [0.2, 0.25) is 0 Å². The van der Waals surface area contributed by atoms with Gasteiger partial charge in [0.05, 0.1) is 40.8 Å². The third kappa shape index (κ3) is 3.57. The summed E-state index contributed by atoms with van der Waals surface area (Å²) in [6, 6.07) is 7.55. The van der Waals surface area contributed by atoms with E-state index in [1.165, 1.54) is 29.0 Å². The van der Waals surface area contributed by atoms with Crippen molar-refractivity contribution in [2.45, 2.75) is 19.9 Å². The fourth-order valence-corrected chi connectivity index (χ4v) is 4.89. The Balaban J connectivity index is 1.80. The zero-order valence-corrected chi connectivity index (χ0v) is 19.0. The van der Waals surface area contributed by atoms with Crippen LogP contribution in [0.25, 0.3) is 16.8 Å². The molecule has 11 heteroatoms. The van der Waals surface area contributed by atoms with Crippen LogP contribution in [0.5, 0.6) is 0 Å². The molecule has 1 spiro atoms. The number of hydrogen-bond acceptors (Lipinski definition) is 7. The molecule has 5 rings (SSSR count). The minimum Gasteiger partial charge on any atom is -0.381 e. The van der Waals surface area contributed by atoms with E-state index in [0.29, 0.717) is 43.4 Å². The van der Waals surface area contributed by atoms with Crippen LogP contribution >= 0.6 is 11.6 Å². The van der Waals surface area contributed by atoms with Gasteiger partial charge >= 0.3 is 5.69 Å². The molecule has 0 aliphatic carbocycles. The molecule has 0 amide bonds. The Bertz CT molecular complexity index is 1450. The summed E-state index contributed by atoms with van der Waals surface area (Å²) in [6.45, 7) is 3.80. The molecule has 9 nitrogen and oxygen atoms in total. The highest BCUT2D eigenvalue weighted by atomic mass is 35.5. The molecule has 0 N–H and O–H groups in total. The normalized spacial score (nSPS) is 16.5. The van der Waals surface area contributed by atoms with Gasteiger partial charge in [-0.05, 0) is 37.1 Å². The van der Waals surface area contributed by atoms with Gasteiger partial charge in [0.25, 0.3) is 5.56 Å². The zero-order chi connectivity index (χ0) is 24.0. The monoisotopic (exact) mass is 482 g/mol. The van der Waals surface area contributed by atoms with Crippen LogP contribution in [0, 0.1) is 29.5 Å². The van der Waals surface area contributed by atoms with E-state index in [1.54, 1.807) is 13.0 Å². The Morgan fingerprint density at radius 2 is 2.09 bits per heavy atom. The lowest BCUT2D eigenvalue weighted by molar-refractivity contribution is 0.130. The summed E-state index contributed by atoms with van der Waals surface area (Å²) in [5, 5.41) is 17.1. The first-order valence-electron chi connectivity index (χ1n) is 10.7. The van der Waals surface area contributed by atoms with Crippen molar-refractivity contribution in [2.75, 3.05) is 31.2 Å². The molecule has 2 saturated heterocycles. The SMILES string of the molecule is Cc1cc(-n2c(=O)c(-c3ccc(F)c(Cl)c3)c(N3CC4(CCOC4)C3)n(CC#N)c2=O)cnn1. The lowest BCUT2D eigenvalue weighted by Crippen LogP contribution is -2.59. The van der Waals surface area contributed by atoms with Gasteiger partial charge in [0, 0.05) is 25.1 Å². The average molecular weight is 483 g/mol. The highest BCUT2D eigenvalue weighted by Gasteiger charge is 2.47. The quantitative estimate of drug-likeness (QED) is 0.561. The molecule has 174 valence electrons. The van der Waals surface area contributed by atoms with Crippen molar-refractivity contribution in [3.05, 3.63) is 67.8 Å². The lowest BCUT2D eigenvalue weighted by Gasteiger charge is -2.49. The average Bonchev–Trinajstić information content (AvgIpc) is 3.27. The van der Waals surface area contributed by atoms with Gasteiger partial charge < -0.3 is 9.64 Å². The molecule has 0 bridgehead atoms. The molecule has 34 heavy (non-hydrogen) atoms. The minimum absolute atomic E-state index is 0.0494. The van der Waals surface area contributed by atoms with Gasteiger partial charge in [-0.2, -0.15) is 15.5 Å². The number of anilines is 1. The van der Waals surface area contributed by atoms with Crippen molar-refractivity contribution in [1.29, 1.82) is 5.26 Å². The fraction of sp³-hybridized carbons (Fsp3) is 0.348. The highest BCUT2D eigenvalue weighted by molar-refractivity contribution is 6.31. The van der Waals surface area contributed by atoms with Crippen LogP contribution in [0.4, 0.5) is 10.2 Å². The summed E-state index contributed by atoms with van der Waals surface area (Å²) in [4.78, 5) is 29.3. The van der Waals surface area contributed by atoms with Crippen LogP contribution in [-0.4, -0.2) is 45.6 Å². The van der Waals surface area contributed by atoms with Crippen LogP contribution in [-0.2, 0) is 11.3 Å². The summed E-state index contributed by atoms with van der Waals surface area (Å²) in [6.07, 6.45) is 2.19. The van der Waals surface area contributed by atoms with Crippen molar-refractivity contribution >= 4 is 17.4 Å². The molecule has 0 radical (unpaired) electrons. The Kier molecular flexibility index (Phi) is 5.46. The second-order valence-electron chi connectivity index (χ2n) is 8.71. The lowest BCUT2D eigenvalue weighted by atomic mass is 9.79. The Morgan fingerprint density at radius 3 is 2.74 bits per heavy atom. The standard InChI is InChI=1S/C23H20ClFN6O3/c1-14-8-16(10-27-28-14)31-21(32)19(15-2-3-18(25)17(24)9-15)20(30(6-5-26)22(31)33)29-11-23(12-29)4-7-34-13-23/h2-3,8-10H,4,6-7,11-13H2,1H3. The third-order valence-electron chi connectivity index (χ3n) is 6.31. The molecule has 0 atom stereocenters. The number of ether oxygens (including phenoxy) is 1. The number of benzene rings is 1. The van der Waals surface area contributed by atoms with E-state index >= 15 is 0 Å². The van der Waals surface area contributed by atoms with Gasteiger partial charge in [-0.15, -0.1) is 0 Å². The number of nitrogens with zero attached hydrogens (tertiary/aromatic N) is 6. The van der Waals surface area contributed by atoms with Gasteiger partial charge in [-0.1, -0.05) is 17.7 Å². The first-order valence-corrected chi connectivity index (χ1v) is 11.1. The molecule has 3 aromatic rings. The molecular weight excluding hydrogens is 463 g/mol. The molecule has 1 aromatic carbocycles. The summed E-state index contributed by atoms with van der Waals surface area (Å²) < 4.78 is 21.7. The largest absolute Gasteiger partial charge is 0.381 e. The van der Waals surface area contributed by atoms with Crippen LogP contribution in [0.1, 0.15) is 12.1 Å². The molecular formula is C23H20ClFN6O3. The molecule has 2 fully saturated rings. The van der Waals surface area contributed by atoms with Crippen molar-refractivity contribution < 1.29 is 9.13 Å². The predicted molar refractivity (Wildman–Crippen MR) is 123 cm³/mol. The van der Waals surface area contributed by atoms with Crippen molar-refractivity contribution in [3.63, 3.8) is 0 Å². The highest BCUT2D eigenvalue weighted by Crippen LogP contribution is 2.43. The van der Waals surface area contributed by atoms with Gasteiger partial charge in [-0.3, -0.25) is 9.36 Å². The maximum Gasteiger partial charge on any atom is 0.338 e. The van der Waals surface area contributed by atoms with Gasteiger partial charge in [0.1, 0.15) is 18.2 Å². The maximum atomic E-state index is 14.0. The smallest absolute Gasteiger partial charge is 0.338 e. The van der Waals surface area contributed by atoms with Crippen LogP contribution in [0.3, 0.4) is 0 Å². The number of halogens is 2. The Labute approximate surface area is 198 Å². The van der Waals surface area contributed by atoms with E-state index in [4.69, 9.17) is 16.3 Å². The number of nitriles is 1. The molecule has 2 aromatic heterocycles. The summed E-state index contributed by atoms with van der Waals surface area (Å²) in [7, 11) is 0. The molecule has 2 aliphatic heterocycles. The van der Waals surface area contributed by atoms with Gasteiger partial charge in [0.15, 0.2) is 0 Å². The maximum absolute atomic E-state index is 14.0. The van der Waals surface area contributed by atoms with Gasteiger partial charge in [-0.25, -0.2) is 13.8 Å². The van der Waals surface area contributed by atoms with E-state index in [-0.39, 0.29) is 28.2 Å². The van der Waals surface area contributed by atoms with Crippen LogP contribution in [0.15, 0.2) is 40.1 Å². The van der Waals surface area contributed by atoms with Crippen molar-refractivity contribution in [2.24, 2.45) is 5.41 Å². The third-order valence-corrected chi connectivity index (χ3v) is 6.60. The predicted octanol–water partition coefficient (Wildman–Crippen LogP) is 2.31. The van der Waals surface area contributed by atoms with E-state index in [2.05, 4.69) is 10.2 Å². The van der Waals surface area contributed by atoms with Crippen LogP contribution < -0.4 is 16.1 Å². The number of aromatic nitrogens is 4. The topological polar surface area (TPSA) is 106 Å².